The van der Waals surface area contributed by atoms with E-state index in [-0.39, 0.29) is 11.9 Å². The van der Waals surface area contributed by atoms with Crippen molar-refractivity contribution in [1.29, 1.82) is 0 Å². The van der Waals surface area contributed by atoms with Crippen LogP contribution in [0.1, 0.15) is 36.3 Å². The second-order valence-electron chi connectivity index (χ2n) is 11.3. The molecule has 5 aromatic rings. The summed E-state index contributed by atoms with van der Waals surface area (Å²) < 4.78 is 0. The van der Waals surface area contributed by atoms with Crippen LogP contribution in [0.5, 0.6) is 0 Å². The van der Waals surface area contributed by atoms with Gasteiger partial charge in [-0.05, 0) is 40.7 Å². The molecule has 1 saturated heterocycles. The van der Waals surface area contributed by atoms with Gasteiger partial charge in [-0.25, -0.2) is 19.6 Å². The van der Waals surface area contributed by atoms with E-state index < -0.39 is 18.1 Å². The van der Waals surface area contributed by atoms with Crippen LogP contribution in [0.4, 0.5) is 15.5 Å². The van der Waals surface area contributed by atoms with E-state index in [2.05, 4.69) is 32.1 Å². The molecule has 1 aliphatic heterocycles. The van der Waals surface area contributed by atoms with Gasteiger partial charge < -0.3 is 31.2 Å². The summed E-state index contributed by atoms with van der Waals surface area (Å²) in [6.07, 6.45) is 5.04. The van der Waals surface area contributed by atoms with E-state index in [0.717, 1.165) is 46.5 Å². The standard InChI is InChI=1S/C34H35N9O3/c1-41(32(35)45)29(25-7-4-3-5-8-25)31(44)43-18-6-9-28(43)30-37-19-26(39-30)23-14-10-21(11-15-23)22-12-16-24(17-13-22)27-20-38-34(40-27)42(2)33(36)46/h3-5,7-8,10-17,19-20,28-29H,6,9,18H2,1-2H3,(H2,35,45)(H2,36,46)(H,37,39)(H,38,40)/t28?,29-/m1/s1. The van der Waals surface area contributed by atoms with E-state index in [0.29, 0.717) is 23.9 Å². The van der Waals surface area contributed by atoms with Gasteiger partial charge in [-0.15, -0.1) is 0 Å². The summed E-state index contributed by atoms with van der Waals surface area (Å²) in [4.78, 5) is 57.2. The smallest absolute Gasteiger partial charge is 0.321 e. The SMILES string of the molecule is CN(C(N)=O)c1ncc(-c2ccc(-c3ccc(-c4cnc(C5CCCN5C(=O)[C@@H](c5ccccc5)N(C)C(N)=O)[nH]4)cc3)cc2)[nH]1. The first kappa shape index (κ1) is 30.1. The van der Waals surface area contributed by atoms with E-state index in [1.165, 1.54) is 9.80 Å². The molecule has 0 aliphatic carbocycles. The Morgan fingerprint density at radius 3 is 1.93 bits per heavy atom. The predicted octanol–water partition coefficient (Wildman–Crippen LogP) is 5.06. The van der Waals surface area contributed by atoms with Gasteiger partial charge in [0, 0.05) is 20.6 Å². The lowest BCUT2D eigenvalue weighted by Gasteiger charge is -2.32. The molecule has 3 aromatic carbocycles. The molecule has 0 spiro atoms. The Balaban J connectivity index is 1.17. The number of amides is 5. The zero-order chi connectivity index (χ0) is 32.4. The number of nitrogens with one attached hydrogen (secondary N) is 2. The van der Waals surface area contributed by atoms with Gasteiger partial charge in [-0.2, -0.15) is 0 Å². The predicted molar refractivity (Wildman–Crippen MR) is 175 cm³/mol. The van der Waals surface area contributed by atoms with Crippen LogP contribution in [0, 0.1) is 0 Å². The number of anilines is 1. The third-order valence-corrected chi connectivity index (χ3v) is 8.47. The number of nitrogens with zero attached hydrogens (tertiary/aromatic N) is 5. The van der Waals surface area contributed by atoms with Crippen LogP contribution < -0.4 is 16.4 Å². The van der Waals surface area contributed by atoms with Crippen LogP contribution in [-0.2, 0) is 4.79 Å². The molecule has 1 aliphatic rings. The summed E-state index contributed by atoms with van der Waals surface area (Å²) in [5.74, 6) is 0.899. The number of imidazole rings is 2. The Bertz CT molecular complexity index is 1850. The lowest BCUT2D eigenvalue weighted by molar-refractivity contribution is -0.137. The molecule has 2 atom stereocenters. The number of urea groups is 2. The van der Waals surface area contributed by atoms with E-state index in [9.17, 15) is 14.4 Å². The fourth-order valence-corrected chi connectivity index (χ4v) is 5.84. The fourth-order valence-electron chi connectivity index (χ4n) is 5.84. The number of rotatable bonds is 8. The second kappa shape index (κ2) is 12.6. The zero-order valence-corrected chi connectivity index (χ0v) is 25.6. The third kappa shape index (κ3) is 5.92. The minimum Gasteiger partial charge on any atom is -0.351 e. The average Bonchev–Trinajstić information content (AvgIpc) is 3.86. The van der Waals surface area contributed by atoms with Crippen LogP contribution in [0.2, 0.25) is 0 Å². The molecular formula is C34H35N9O3. The second-order valence-corrected chi connectivity index (χ2v) is 11.3. The number of aromatic nitrogens is 4. The van der Waals surface area contributed by atoms with Gasteiger partial charge in [0.05, 0.1) is 29.8 Å². The van der Waals surface area contributed by atoms with Crippen molar-refractivity contribution in [3.05, 3.63) is 103 Å². The molecule has 0 radical (unpaired) electrons. The molecular weight excluding hydrogens is 582 g/mol. The van der Waals surface area contributed by atoms with Gasteiger partial charge in [0.25, 0.3) is 5.91 Å². The van der Waals surface area contributed by atoms with Crippen molar-refractivity contribution in [2.24, 2.45) is 11.5 Å². The minimum absolute atomic E-state index is 0.186. The third-order valence-electron chi connectivity index (χ3n) is 8.47. The van der Waals surface area contributed by atoms with Crippen LogP contribution in [-0.4, -0.2) is 68.3 Å². The summed E-state index contributed by atoms with van der Waals surface area (Å²) in [6, 6.07) is 23.1. The number of primary amides is 2. The highest BCUT2D eigenvalue weighted by atomic mass is 16.2. The van der Waals surface area contributed by atoms with Crippen molar-refractivity contribution in [3.63, 3.8) is 0 Å². The first-order chi connectivity index (χ1) is 22.2. The fraction of sp³-hybridized carbons (Fsp3) is 0.206. The molecule has 12 nitrogen and oxygen atoms in total. The molecule has 1 unspecified atom stereocenters. The normalized spacial score (nSPS) is 15.0. The van der Waals surface area contributed by atoms with E-state index in [1.54, 1.807) is 31.4 Å². The number of carbonyl (C=O) groups is 3. The van der Waals surface area contributed by atoms with Gasteiger partial charge in [0.1, 0.15) is 11.9 Å². The summed E-state index contributed by atoms with van der Waals surface area (Å²) in [5, 5.41) is 0. The van der Waals surface area contributed by atoms with Gasteiger partial charge >= 0.3 is 12.1 Å². The Hall–Kier alpha value is -5.91. The van der Waals surface area contributed by atoms with Crippen LogP contribution >= 0.6 is 0 Å². The largest absolute Gasteiger partial charge is 0.351 e. The van der Waals surface area contributed by atoms with E-state index in [1.807, 2.05) is 66.7 Å². The van der Waals surface area contributed by atoms with Gasteiger partial charge in [-0.1, -0.05) is 78.9 Å². The van der Waals surface area contributed by atoms with Crippen molar-refractivity contribution in [3.8, 4) is 33.6 Å². The molecule has 2 aromatic heterocycles. The molecule has 0 bridgehead atoms. The number of carbonyl (C=O) groups excluding carboxylic acids is 3. The number of hydrogen-bond acceptors (Lipinski definition) is 5. The maximum absolute atomic E-state index is 13.9. The molecule has 3 heterocycles. The van der Waals surface area contributed by atoms with E-state index >= 15 is 0 Å². The number of nitrogens with two attached hydrogens (primary N) is 2. The van der Waals surface area contributed by atoms with Crippen LogP contribution in [0.15, 0.2) is 91.3 Å². The highest BCUT2D eigenvalue weighted by Crippen LogP contribution is 2.35. The zero-order valence-electron chi connectivity index (χ0n) is 25.6. The van der Waals surface area contributed by atoms with Crippen molar-refractivity contribution in [1.82, 2.24) is 29.7 Å². The summed E-state index contributed by atoms with van der Waals surface area (Å²) in [6.45, 7) is 0.564. The molecule has 234 valence electrons. The van der Waals surface area contributed by atoms with Crippen LogP contribution in [0.25, 0.3) is 33.6 Å². The maximum Gasteiger partial charge on any atom is 0.321 e. The number of H-pyrrole nitrogens is 2. The average molecular weight is 618 g/mol. The summed E-state index contributed by atoms with van der Waals surface area (Å²) >= 11 is 0. The lowest BCUT2D eigenvalue weighted by atomic mass is 10.0. The van der Waals surface area contributed by atoms with E-state index in [4.69, 9.17) is 11.5 Å². The Morgan fingerprint density at radius 2 is 1.35 bits per heavy atom. The van der Waals surface area contributed by atoms with Gasteiger partial charge in [0.2, 0.25) is 5.95 Å². The highest BCUT2D eigenvalue weighted by molar-refractivity contribution is 5.89. The Morgan fingerprint density at radius 1 is 0.783 bits per heavy atom. The molecule has 6 rings (SSSR count). The summed E-state index contributed by atoms with van der Waals surface area (Å²) in [7, 11) is 3.11. The number of likely N-dealkylation sites (tertiary alicyclic amines) is 1. The highest BCUT2D eigenvalue weighted by Gasteiger charge is 2.38. The lowest BCUT2D eigenvalue weighted by Crippen LogP contribution is -2.45. The molecule has 0 saturated carbocycles. The Labute approximate surface area is 266 Å². The number of hydrogen-bond donors (Lipinski definition) is 4. The summed E-state index contributed by atoms with van der Waals surface area (Å²) in [5.41, 5.74) is 17.3. The topological polar surface area (TPSA) is 170 Å². The molecule has 5 amide bonds. The molecule has 12 heteroatoms. The number of likely N-dealkylation sites (N-methyl/N-ethyl adjacent to an activating group) is 1. The van der Waals surface area contributed by atoms with Crippen molar-refractivity contribution in [2.45, 2.75) is 24.9 Å². The number of aromatic amines is 2. The Kier molecular flexibility index (Phi) is 8.25. The van der Waals surface area contributed by atoms with Crippen molar-refractivity contribution < 1.29 is 14.4 Å². The first-order valence-electron chi connectivity index (χ1n) is 14.9. The maximum atomic E-state index is 13.9. The quantitative estimate of drug-likeness (QED) is 0.190. The minimum atomic E-state index is -0.823. The molecule has 1 fully saturated rings. The van der Waals surface area contributed by atoms with Crippen LogP contribution in [0.3, 0.4) is 0 Å². The molecule has 46 heavy (non-hydrogen) atoms. The van der Waals surface area contributed by atoms with Crippen molar-refractivity contribution in [2.75, 3.05) is 25.5 Å². The first-order valence-corrected chi connectivity index (χ1v) is 14.9. The van der Waals surface area contributed by atoms with Gasteiger partial charge in [-0.3, -0.25) is 9.69 Å². The van der Waals surface area contributed by atoms with Crippen molar-refractivity contribution >= 4 is 23.9 Å². The number of benzene rings is 3. The monoisotopic (exact) mass is 617 g/mol. The molecule has 6 N–H and O–H groups in total. The van der Waals surface area contributed by atoms with Gasteiger partial charge in [0.15, 0.2) is 0 Å².